The second-order valence-corrected chi connectivity index (χ2v) is 8.00. The summed E-state index contributed by atoms with van der Waals surface area (Å²) >= 11 is 0. The first-order valence-corrected chi connectivity index (χ1v) is 10.1. The number of anilines is 1. The molecule has 1 amide bonds. The number of fused-ring (bicyclic) bond motifs is 1. The summed E-state index contributed by atoms with van der Waals surface area (Å²) in [6, 6.07) is 16.7. The number of carbonyl (C=O) groups is 1. The fraction of sp³-hybridized carbons (Fsp3) is 0.333. The molecule has 0 atom stereocenters. The number of rotatable bonds is 5. The van der Waals surface area contributed by atoms with E-state index in [4.69, 9.17) is 0 Å². The molecule has 2 aromatic carbocycles. The standard InChI is InChI=1S/C24H27N3O/c1-17(2)19-10-12-21(13-11-19)25-23(28)16-26-15-22(27-14-4-5-24(26)27)20-8-6-18(3)7-9-20/h6-13,15,17H,4-5,14,16H2,1-3H3/p+1. The molecule has 3 aromatic rings. The Morgan fingerprint density at radius 1 is 1.11 bits per heavy atom. The van der Waals surface area contributed by atoms with Crippen LogP contribution in [0.4, 0.5) is 5.69 Å². The summed E-state index contributed by atoms with van der Waals surface area (Å²) in [5, 5.41) is 3.04. The van der Waals surface area contributed by atoms with Crippen LogP contribution in [0.15, 0.2) is 54.7 Å². The molecular formula is C24H28N3O+. The first-order chi connectivity index (χ1) is 13.5. The van der Waals surface area contributed by atoms with Crippen molar-refractivity contribution in [3.63, 3.8) is 0 Å². The lowest BCUT2D eigenvalue weighted by molar-refractivity contribution is -0.690. The topological polar surface area (TPSA) is 37.9 Å². The van der Waals surface area contributed by atoms with Gasteiger partial charge in [0.2, 0.25) is 0 Å². The van der Waals surface area contributed by atoms with E-state index in [0.717, 1.165) is 25.1 Å². The van der Waals surface area contributed by atoms with Crippen LogP contribution >= 0.6 is 0 Å². The fourth-order valence-corrected chi connectivity index (χ4v) is 3.91. The average molecular weight is 375 g/mol. The summed E-state index contributed by atoms with van der Waals surface area (Å²) in [4.78, 5) is 12.6. The van der Waals surface area contributed by atoms with Crippen molar-refractivity contribution in [1.29, 1.82) is 0 Å². The third kappa shape index (κ3) is 3.72. The Hall–Kier alpha value is -2.88. The Kier molecular flexibility index (Phi) is 5.03. The van der Waals surface area contributed by atoms with E-state index in [1.807, 2.05) is 12.1 Å². The average Bonchev–Trinajstić information content (AvgIpc) is 3.27. The molecule has 0 radical (unpaired) electrons. The number of nitrogens with zero attached hydrogens (tertiary/aromatic N) is 2. The summed E-state index contributed by atoms with van der Waals surface area (Å²) in [6.45, 7) is 7.80. The van der Waals surface area contributed by atoms with E-state index in [9.17, 15) is 4.79 Å². The molecule has 0 fully saturated rings. The molecule has 0 spiro atoms. The van der Waals surface area contributed by atoms with E-state index < -0.39 is 0 Å². The van der Waals surface area contributed by atoms with Crippen molar-refractivity contribution >= 4 is 11.6 Å². The zero-order valence-electron chi connectivity index (χ0n) is 16.9. The third-order valence-corrected chi connectivity index (χ3v) is 5.52. The van der Waals surface area contributed by atoms with Crippen LogP contribution in [0.1, 0.15) is 43.1 Å². The lowest BCUT2D eigenvalue weighted by atomic mass is 10.0. The van der Waals surface area contributed by atoms with Crippen molar-refractivity contribution in [1.82, 2.24) is 4.57 Å². The summed E-state index contributed by atoms with van der Waals surface area (Å²) < 4.78 is 4.47. The Morgan fingerprint density at radius 2 is 1.82 bits per heavy atom. The normalized spacial score (nSPS) is 13.0. The van der Waals surface area contributed by atoms with Crippen molar-refractivity contribution < 1.29 is 9.36 Å². The van der Waals surface area contributed by atoms with Gasteiger partial charge in [-0.1, -0.05) is 55.8 Å². The molecule has 1 N–H and O–H groups in total. The number of imidazole rings is 1. The molecule has 144 valence electrons. The van der Waals surface area contributed by atoms with Crippen molar-refractivity contribution in [3.8, 4) is 11.3 Å². The van der Waals surface area contributed by atoms with Crippen LogP contribution in [0.2, 0.25) is 0 Å². The highest BCUT2D eigenvalue weighted by molar-refractivity contribution is 5.89. The molecule has 2 heterocycles. The van der Waals surface area contributed by atoms with Crippen LogP contribution in [-0.2, 0) is 24.3 Å². The van der Waals surface area contributed by atoms with E-state index >= 15 is 0 Å². The highest BCUT2D eigenvalue weighted by Crippen LogP contribution is 2.25. The fourth-order valence-electron chi connectivity index (χ4n) is 3.91. The molecule has 4 rings (SSSR count). The number of amides is 1. The Balaban J connectivity index is 1.52. The minimum absolute atomic E-state index is 0.0121. The molecule has 4 nitrogen and oxygen atoms in total. The van der Waals surface area contributed by atoms with Crippen molar-refractivity contribution in [2.45, 2.75) is 52.6 Å². The van der Waals surface area contributed by atoms with Crippen LogP contribution in [0.5, 0.6) is 0 Å². The largest absolute Gasteiger partial charge is 0.323 e. The van der Waals surface area contributed by atoms with Crippen LogP contribution in [0, 0.1) is 6.92 Å². The van der Waals surface area contributed by atoms with Crippen LogP contribution < -0.4 is 9.88 Å². The van der Waals surface area contributed by atoms with E-state index in [1.54, 1.807) is 0 Å². The van der Waals surface area contributed by atoms with Gasteiger partial charge in [0.15, 0.2) is 12.2 Å². The number of benzene rings is 2. The lowest BCUT2D eigenvalue weighted by Crippen LogP contribution is -2.42. The van der Waals surface area contributed by atoms with Crippen LogP contribution in [-0.4, -0.2) is 10.5 Å². The van der Waals surface area contributed by atoms with Crippen LogP contribution in [0.25, 0.3) is 11.3 Å². The maximum absolute atomic E-state index is 12.6. The van der Waals surface area contributed by atoms with Gasteiger partial charge in [0.25, 0.3) is 11.7 Å². The smallest absolute Gasteiger partial charge is 0.266 e. The predicted octanol–water partition coefficient (Wildman–Crippen LogP) is 4.46. The van der Waals surface area contributed by atoms with Gasteiger partial charge in [-0.25, -0.2) is 9.13 Å². The Morgan fingerprint density at radius 3 is 2.50 bits per heavy atom. The molecule has 0 bridgehead atoms. The molecule has 0 unspecified atom stereocenters. The van der Waals surface area contributed by atoms with Gasteiger partial charge in [-0.2, -0.15) is 0 Å². The quantitative estimate of drug-likeness (QED) is 0.658. The number of aromatic nitrogens is 2. The molecule has 1 aliphatic heterocycles. The van der Waals surface area contributed by atoms with Crippen molar-refractivity contribution in [2.24, 2.45) is 0 Å². The van der Waals surface area contributed by atoms with E-state index in [-0.39, 0.29) is 5.91 Å². The van der Waals surface area contributed by atoms with Gasteiger partial charge in [-0.15, -0.1) is 0 Å². The van der Waals surface area contributed by atoms with E-state index in [0.29, 0.717) is 12.5 Å². The SMILES string of the molecule is Cc1ccc(-c2c[n+](CC(=O)Nc3ccc(C(C)C)cc3)c3n2CCC3)cc1. The number of hydrogen-bond acceptors (Lipinski definition) is 1. The second kappa shape index (κ2) is 7.63. The summed E-state index contributed by atoms with van der Waals surface area (Å²) in [7, 11) is 0. The van der Waals surface area contributed by atoms with Gasteiger partial charge in [0, 0.05) is 11.3 Å². The summed E-state index contributed by atoms with van der Waals surface area (Å²) in [5.41, 5.74) is 5.79. The molecule has 1 aliphatic rings. The number of nitrogens with one attached hydrogen (secondary N) is 1. The van der Waals surface area contributed by atoms with Gasteiger partial charge in [-0.05, 0) is 37.0 Å². The van der Waals surface area contributed by atoms with E-state index in [1.165, 1.54) is 28.2 Å². The zero-order valence-corrected chi connectivity index (χ0v) is 16.9. The highest BCUT2D eigenvalue weighted by atomic mass is 16.1. The molecule has 0 aliphatic carbocycles. The minimum atomic E-state index is 0.0121. The highest BCUT2D eigenvalue weighted by Gasteiger charge is 2.29. The zero-order chi connectivity index (χ0) is 19.7. The lowest BCUT2D eigenvalue weighted by Gasteiger charge is -2.08. The van der Waals surface area contributed by atoms with Gasteiger partial charge >= 0.3 is 0 Å². The molecule has 1 aromatic heterocycles. The molecular weight excluding hydrogens is 346 g/mol. The Labute approximate surface area is 166 Å². The molecule has 4 heteroatoms. The van der Waals surface area contributed by atoms with Gasteiger partial charge < -0.3 is 5.32 Å². The van der Waals surface area contributed by atoms with Crippen LogP contribution in [0.3, 0.4) is 0 Å². The van der Waals surface area contributed by atoms with Crippen molar-refractivity contribution in [2.75, 3.05) is 5.32 Å². The first-order valence-electron chi connectivity index (χ1n) is 10.1. The number of carbonyl (C=O) groups excluding carboxylic acids is 1. The maximum atomic E-state index is 12.6. The summed E-state index contributed by atoms with van der Waals surface area (Å²) in [5.74, 6) is 1.74. The van der Waals surface area contributed by atoms with Crippen molar-refractivity contribution in [3.05, 3.63) is 71.7 Å². The molecule has 0 saturated carbocycles. The first kappa shape index (κ1) is 18.5. The summed E-state index contributed by atoms with van der Waals surface area (Å²) in [6.07, 6.45) is 4.27. The monoisotopic (exact) mass is 374 g/mol. The second-order valence-electron chi connectivity index (χ2n) is 8.00. The number of aryl methyl sites for hydroxylation is 1. The van der Waals surface area contributed by atoms with Gasteiger partial charge in [0.1, 0.15) is 6.20 Å². The minimum Gasteiger partial charge on any atom is -0.323 e. The predicted molar refractivity (Wildman–Crippen MR) is 112 cm³/mol. The molecule has 28 heavy (non-hydrogen) atoms. The maximum Gasteiger partial charge on any atom is 0.266 e. The number of hydrogen-bond donors (Lipinski definition) is 1. The van der Waals surface area contributed by atoms with E-state index in [2.05, 4.69) is 77.8 Å². The Bertz CT molecular complexity index is 982. The molecule has 0 saturated heterocycles. The third-order valence-electron chi connectivity index (χ3n) is 5.52. The van der Waals surface area contributed by atoms with Gasteiger partial charge in [0.05, 0.1) is 13.0 Å². The van der Waals surface area contributed by atoms with Gasteiger partial charge in [-0.3, -0.25) is 4.79 Å².